The number of aliphatic hydroxyl groups is 1. The molecule has 0 aromatic carbocycles. The molecule has 2 nitrogen and oxygen atoms in total. The second kappa shape index (κ2) is 4.52. The minimum atomic E-state index is -0.429. The van der Waals surface area contributed by atoms with Crippen molar-refractivity contribution in [3.63, 3.8) is 0 Å². The fraction of sp³-hybridized carbons (Fsp3) is 0.778. The molecule has 0 fully saturated rings. The highest BCUT2D eigenvalue weighted by molar-refractivity contribution is 4.90. The van der Waals surface area contributed by atoms with Crippen LogP contribution >= 0.6 is 0 Å². The van der Waals surface area contributed by atoms with E-state index in [9.17, 15) is 0 Å². The van der Waals surface area contributed by atoms with Gasteiger partial charge in [-0.25, -0.2) is 0 Å². The predicted molar refractivity (Wildman–Crippen MR) is 46.5 cm³/mol. The third-order valence-corrected chi connectivity index (χ3v) is 2.22. The molecule has 1 N–H and O–H groups in total. The van der Waals surface area contributed by atoms with Crippen molar-refractivity contribution in [1.82, 2.24) is 0 Å². The van der Waals surface area contributed by atoms with Gasteiger partial charge in [0.1, 0.15) is 0 Å². The summed E-state index contributed by atoms with van der Waals surface area (Å²) in [6.45, 7) is 7.74. The first kappa shape index (κ1) is 10.7. The summed E-state index contributed by atoms with van der Waals surface area (Å²) in [5.74, 6) is 0.301. The zero-order valence-electron chi connectivity index (χ0n) is 7.63. The van der Waals surface area contributed by atoms with E-state index in [0.29, 0.717) is 12.3 Å². The van der Waals surface area contributed by atoms with E-state index >= 15 is 0 Å². The van der Waals surface area contributed by atoms with E-state index < -0.39 is 5.60 Å². The highest BCUT2D eigenvalue weighted by Crippen LogP contribution is 2.24. The van der Waals surface area contributed by atoms with Crippen LogP contribution in [0.1, 0.15) is 20.3 Å². The normalized spacial score (nSPS) is 16.5. The Morgan fingerprint density at radius 3 is 2.27 bits per heavy atom. The summed E-state index contributed by atoms with van der Waals surface area (Å²) in [4.78, 5) is 0. The number of aliphatic hydroxyl groups excluding tert-OH is 1. The minimum Gasteiger partial charge on any atom is -0.393 e. The Morgan fingerprint density at radius 2 is 2.18 bits per heavy atom. The molecule has 0 aliphatic rings. The third-order valence-electron chi connectivity index (χ3n) is 2.22. The second-order valence-electron chi connectivity index (χ2n) is 3.07. The van der Waals surface area contributed by atoms with Gasteiger partial charge in [-0.05, 0) is 12.3 Å². The van der Waals surface area contributed by atoms with Crippen LogP contribution in [0, 0.1) is 5.92 Å². The smallest absolute Gasteiger partial charge is 0.0964 e. The fourth-order valence-electron chi connectivity index (χ4n) is 1.11. The lowest BCUT2D eigenvalue weighted by Gasteiger charge is -2.33. The van der Waals surface area contributed by atoms with Crippen molar-refractivity contribution in [2.75, 3.05) is 13.7 Å². The van der Waals surface area contributed by atoms with Crippen LogP contribution in [0.25, 0.3) is 0 Å². The van der Waals surface area contributed by atoms with Crippen LogP contribution in [-0.4, -0.2) is 24.4 Å². The van der Waals surface area contributed by atoms with Crippen LogP contribution in [-0.2, 0) is 4.74 Å². The molecular weight excluding hydrogens is 140 g/mol. The topological polar surface area (TPSA) is 29.5 Å². The first-order valence-electron chi connectivity index (χ1n) is 3.90. The lowest BCUT2D eigenvalue weighted by Crippen LogP contribution is -2.40. The van der Waals surface area contributed by atoms with Gasteiger partial charge in [-0.1, -0.05) is 19.9 Å². The zero-order chi connectivity index (χ0) is 8.91. The monoisotopic (exact) mass is 158 g/mol. The first-order valence-corrected chi connectivity index (χ1v) is 3.90. The van der Waals surface area contributed by atoms with Crippen molar-refractivity contribution < 1.29 is 9.84 Å². The fourth-order valence-corrected chi connectivity index (χ4v) is 1.11. The molecular formula is C9H18O2. The van der Waals surface area contributed by atoms with Crippen LogP contribution in [0.15, 0.2) is 12.7 Å². The van der Waals surface area contributed by atoms with Gasteiger partial charge in [0.05, 0.1) is 12.2 Å². The van der Waals surface area contributed by atoms with E-state index in [1.165, 1.54) is 0 Å². The maximum Gasteiger partial charge on any atom is 0.0964 e. The van der Waals surface area contributed by atoms with Crippen LogP contribution in [0.3, 0.4) is 0 Å². The predicted octanol–water partition coefficient (Wildman–Crippen LogP) is 1.60. The Kier molecular flexibility index (Phi) is 4.38. The molecule has 0 aromatic rings. The second-order valence-corrected chi connectivity index (χ2v) is 3.07. The SMILES string of the molecule is C=CC[C@](CO)(OC)C(C)C. The quantitative estimate of drug-likeness (QED) is 0.616. The number of rotatable bonds is 5. The van der Waals surface area contributed by atoms with Crippen LogP contribution in [0.5, 0.6) is 0 Å². The van der Waals surface area contributed by atoms with Gasteiger partial charge in [-0.2, -0.15) is 0 Å². The van der Waals surface area contributed by atoms with Gasteiger partial charge in [0.15, 0.2) is 0 Å². The van der Waals surface area contributed by atoms with Gasteiger partial charge in [0.25, 0.3) is 0 Å². The van der Waals surface area contributed by atoms with E-state index in [1.54, 1.807) is 13.2 Å². The van der Waals surface area contributed by atoms with Crippen LogP contribution in [0.4, 0.5) is 0 Å². The van der Waals surface area contributed by atoms with Crippen LogP contribution in [0.2, 0.25) is 0 Å². The zero-order valence-corrected chi connectivity index (χ0v) is 7.63. The van der Waals surface area contributed by atoms with Crippen molar-refractivity contribution in [2.24, 2.45) is 5.92 Å². The standard InChI is InChI=1S/C9H18O2/c1-5-6-9(7-10,11-4)8(2)3/h5,8,10H,1,6-7H2,2-4H3/t9-/m1/s1. The number of hydrogen-bond donors (Lipinski definition) is 1. The average molecular weight is 158 g/mol. The Labute approximate surface area is 68.9 Å². The molecule has 0 aromatic heterocycles. The minimum absolute atomic E-state index is 0.0488. The molecule has 0 heterocycles. The molecule has 11 heavy (non-hydrogen) atoms. The van der Waals surface area contributed by atoms with Crippen molar-refractivity contribution in [2.45, 2.75) is 25.9 Å². The van der Waals surface area contributed by atoms with E-state index in [-0.39, 0.29) is 6.61 Å². The molecule has 0 bridgehead atoms. The first-order chi connectivity index (χ1) is 5.13. The van der Waals surface area contributed by atoms with Crippen molar-refractivity contribution in [1.29, 1.82) is 0 Å². The molecule has 0 saturated carbocycles. The summed E-state index contributed by atoms with van der Waals surface area (Å²) >= 11 is 0. The largest absolute Gasteiger partial charge is 0.393 e. The van der Waals surface area contributed by atoms with Crippen molar-refractivity contribution in [3.05, 3.63) is 12.7 Å². The Bertz CT molecular complexity index is 115. The average Bonchev–Trinajstić information content (AvgIpc) is 2.00. The highest BCUT2D eigenvalue weighted by Gasteiger charge is 2.31. The summed E-state index contributed by atoms with van der Waals surface area (Å²) in [5.41, 5.74) is -0.429. The van der Waals surface area contributed by atoms with E-state index in [2.05, 4.69) is 6.58 Å². The summed E-state index contributed by atoms with van der Waals surface area (Å²) in [6.07, 6.45) is 2.47. The van der Waals surface area contributed by atoms with Gasteiger partial charge in [0.2, 0.25) is 0 Å². The maximum absolute atomic E-state index is 9.11. The lowest BCUT2D eigenvalue weighted by atomic mass is 9.88. The molecule has 0 rings (SSSR count). The molecule has 0 aliphatic carbocycles. The Morgan fingerprint density at radius 1 is 1.64 bits per heavy atom. The molecule has 0 radical (unpaired) electrons. The van der Waals surface area contributed by atoms with Crippen LogP contribution < -0.4 is 0 Å². The third kappa shape index (κ3) is 2.31. The molecule has 2 heteroatoms. The van der Waals surface area contributed by atoms with Crippen molar-refractivity contribution in [3.8, 4) is 0 Å². The van der Waals surface area contributed by atoms with Gasteiger partial charge < -0.3 is 9.84 Å². The van der Waals surface area contributed by atoms with Gasteiger partial charge >= 0.3 is 0 Å². The molecule has 0 amide bonds. The molecule has 66 valence electrons. The lowest BCUT2D eigenvalue weighted by molar-refractivity contribution is -0.0817. The summed E-state index contributed by atoms with van der Waals surface area (Å²) < 4.78 is 5.27. The molecule has 0 saturated heterocycles. The Hall–Kier alpha value is -0.340. The molecule has 0 spiro atoms. The molecule has 0 aliphatic heterocycles. The van der Waals surface area contributed by atoms with Gasteiger partial charge in [0, 0.05) is 7.11 Å². The maximum atomic E-state index is 9.11. The van der Waals surface area contributed by atoms with E-state index in [1.807, 2.05) is 13.8 Å². The van der Waals surface area contributed by atoms with Gasteiger partial charge in [-0.15, -0.1) is 6.58 Å². The Balaban J connectivity index is 4.31. The van der Waals surface area contributed by atoms with Gasteiger partial charge in [-0.3, -0.25) is 0 Å². The molecule has 1 atom stereocenters. The number of hydrogen-bond acceptors (Lipinski definition) is 2. The van der Waals surface area contributed by atoms with E-state index in [4.69, 9.17) is 9.84 Å². The summed E-state index contributed by atoms with van der Waals surface area (Å²) in [6, 6.07) is 0. The summed E-state index contributed by atoms with van der Waals surface area (Å²) in [5, 5.41) is 9.11. The highest BCUT2D eigenvalue weighted by atomic mass is 16.5. The number of methoxy groups -OCH3 is 1. The summed E-state index contributed by atoms with van der Waals surface area (Å²) in [7, 11) is 1.62. The number of ether oxygens (including phenoxy) is 1. The molecule has 0 unspecified atom stereocenters. The van der Waals surface area contributed by atoms with Crippen molar-refractivity contribution >= 4 is 0 Å². The van der Waals surface area contributed by atoms with E-state index in [0.717, 1.165) is 0 Å².